The Balaban J connectivity index is 2.27. The molecule has 0 aliphatic heterocycles. The summed E-state index contributed by atoms with van der Waals surface area (Å²) in [7, 11) is 0. The molecule has 0 N–H and O–H groups in total. The lowest BCUT2D eigenvalue weighted by Crippen LogP contribution is -2.27. The molecule has 0 radical (unpaired) electrons. The van der Waals surface area contributed by atoms with E-state index in [-0.39, 0.29) is 13.2 Å². The van der Waals surface area contributed by atoms with Crippen molar-refractivity contribution >= 4 is 12.2 Å². The van der Waals surface area contributed by atoms with Crippen LogP contribution in [-0.2, 0) is 22.5 Å². The molecule has 0 saturated heterocycles. The molecule has 0 atom stereocenters. The molecule has 7 nitrogen and oxygen atoms in total. The van der Waals surface area contributed by atoms with E-state index in [1.165, 1.54) is 4.68 Å². The van der Waals surface area contributed by atoms with E-state index in [2.05, 4.69) is 10.2 Å². The zero-order valence-electron chi connectivity index (χ0n) is 13.5. The third-order valence-electron chi connectivity index (χ3n) is 3.18. The van der Waals surface area contributed by atoms with Gasteiger partial charge in [0.2, 0.25) is 0 Å². The van der Waals surface area contributed by atoms with Gasteiger partial charge in [0.1, 0.15) is 6.54 Å². The maximum absolute atomic E-state index is 12.3. The van der Waals surface area contributed by atoms with Crippen LogP contribution in [0.25, 0.3) is 0 Å². The molecule has 7 heteroatoms. The molecule has 0 fully saturated rings. The minimum Gasteiger partial charge on any atom is -0.465 e. The first-order valence-corrected chi connectivity index (χ1v) is 7.50. The largest absolute Gasteiger partial charge is 0.465 e. The number of aromatic nitrogens is 3. The van der Waals surface area contributed by atoms with Crippen molar-refractivity contribution in [1.29, 1.82) is 0 Å². The van der Waals surface area contributed by atoms with E-state index in [0.717, 1.165) is 15.8 Å². The molecule has 0 unspecified atom stereocenters. The first kappa shape index (κ1) is 16.7. The van der Waals surface area contributed by atoms with Crippen LogP contribution < -0.4 is 5.69 Å². The lowest BCUT2D eigenvalue weighted by Gasteiger charge is -1.99. The second kappa shape index (κ2) is 7.53. The summed E-state index contributed by atoms with van der Waals surface area (Å²) in [6.45, 7) is 5.63. The maximum Gasteiger partial charge on any atom is 0.367 e. The van der Waals surface area contributed by atoms with Crippen LogP contribution in [0.2, 0.25) is 0 Å². The number of benzene rings is 1. The molecule has 1 heterocycles. The van der Waals surface area contributed by atoms with Crippen molar-refractivity contribution in [3.63, 3.8) is 0 Å². The second-order valence-corrected chi connectivity index (χ2v) is 4.98. The van der Waals surface area contributed by atoms with Crippen molar-refractivity contribution in [2.45, 2.75) is 33.7 Å². The summed E-state index contributed by atoms with van der Waals surface area (Å²) >= 11 is 0. The van der Waals surface area contributed by atoms with Gasteiger partial charge in [0.05, 0.1) is 12.8 Å². The Morgan fingerprint density at radius 3 is 2.61 bits per heavy atom. The summed E-state index contributed by atoms with van der Waals surface area (Å²) in [5.74, 6) is -0.00734. The topological polar surface area (TPSA) is 78.5 Å². The van der Waals surface area contributed by atoms with Crippen molar-refractivity contribution in [3.8, 4) is 0 Å². The zero-order valence-corrected chi connectivity index (χ0v) is 13.5. The summed E-state index contributed by atoms with van der Waals surface area (Å²) in [6.07, 6.45) is 2.12. The maximum atomic E-state index is 12.3. The Labute approximate surface area is 134 Å². The molecule has 2 rings (SSSR count). The predicted octanol–water partition coefficient (Wildman–Crippen LogP) is 1.36. The van der Waals surface area contributed by atoms with Gasteiger partial charge in [-0.3, -0.25) is 4.79 Å². The molecule has 23 heavy (non-hydrogen) atoms. The van der Waals surface area contributed by atoms with E-state index in [1.54, 1.807) is 13.1 Å². The minimum atomic E-state index is -0.496. The number of esters is 1. The molecule has 0 saturated carbocycles. The van der Waals surface area contributed by atoms with Gasteiger partial charge in [0.25, 0.3) is 0 Å². The number of aryl methyl sites for hydroxylation is 2. The van der Waals surface area contributed by atoms with Gasteiger partial charge in [-0.1, -0.05) is 36.8 Å². The third kappa shape index (κ3) is 4.15. The van der Waals surface area contributed by atoms with Crippen LogP contribution in [0.5, 0.6) is 0 Å². The molecule has 0 aliphatic carbocycles. The SMILES string of the molecule is CCOC(=O)Cn1nc(CC)n(/N=C/c2ccc(C)cc2)c1=O. The molecule has 1 aromatic carbocycles. The predicted molar refractivity (Wildman–Crippen MR) is 86.7 cm³/mol. The number of hydrogen-bond donors (Lipinski definition) is 0. The van der Waals surface area contributed by atoms with Crippen LogP contribution in [0.3, 0.4) is 0 Å². The number of hydrogen-bond acceptors (Lipinski definition) is 5. The van der Waals surface area contributed by atoms with Crippen molar-refractivity contribution < 1.29 is 9.53 Å². The van der Waals surface area contributed by atoms with E-state index >= 15 is 0 Å². The van der Waals surface area contributed by atoms with Gasteiger partial charge in [0, 0.05) is 6.42 Å². The fraction of sp³-hybridized carbons (Fsp3) is 0.375. The molecule has 0 bridgehead atoms. The Bertz CT molecular complexity index is 757. The van der Waals surface area contributed by atoms with Gasteiger partial charge in [-0.2, -0.15) is 14.9 Å². The summed E-state index contributed by atoms with van der Waals surface area (Å²) < 4.78 is 7.12. The van der Waals surface area contributed by atoms with Gasteiger partial charge in [-0.05, 0) is 19.4 Å². The summed E-state index contributed by atoms with van der Waals surface area (Å²) in [5, 5.41) is 8.32. The lowest BCUT2D eigenvalue weighted by molar-refractivity contribution is -0.144. The lowest BCUT2D eigenvalue weighted by atomic mass is 10.2. The van der Waals surface area contributed by atoms with Crippen LogP contribution >= 0.6 is 0 Å². The number of nitrogens with zero attached hydrogens (tertiary/aromatic N) is 4. The molecular formula is C16H20N4O3. The second-order valence-electron chi connectivity index (χ2n) is 4.98. The van der Waals surface area contributed by atoms with E-state index in [0.29, 0.717) is 12.2 Å². The van der Waals surface area contributed by atoms with E-state index in [4.69, 9.17) is 4.74 Å². The molecular weight excluding hydrogens is 296 g/mol. The fourth-order valence-electron chi connectivity index (χ4n) is 1.99. The van der Waals surface area contributed by atoms with Crippen molar-refractivity contribution in [3.05, 3.63) is 51.7 Å². The monoisotopic (exact) mass is 316 g/mol. The van der Waals surface area contributed by atoms with Gasteiger partial charge in [-0.25, -0.2) is 9.48 Å². The molecule has 1 aromatic heterocycles. The Morgan fingerprint density at radius 2 is 2.00 bits per heavy atom. The Hall–Kier alpha value is -2.70. The Kier molecular flexibility index (Phi) is 5.46. The average molecular weight is 316 g/mol. The van der Waals surface area contributed by atoms with E-state index in [9.17, 15) is 9.59 Å². The molecule has 2 aromatic rings. The quantitative estimate of drug-likeness (QED) is 0.595. The van der Waals surface area contributed by atoms with Gasteiger partial charge in [0.15, 0.2) is 5.82 Å². The zero-order chi connectivity index (χ0) is 16.8. The molecule has 0 amide bonds. The first-order valence-electron chi connectivity index (χ1n) is 7.50. The Morgan fingerprint density at radius 1 is 1.30 bits per heavy atom. The van der Waals surface area contributed by atoms with Gasteiger partial charge >= 0.3 is 11.7 Å². The summed E-state index contributed by atoms with van der Waals surface area (Å²) in [6, 6.07) is 7.77. The van der Waals surface area contributed by atoms with E-state index < -0.39 is 11.7 Å². The minimum absolute atomic E-state index is 0.216. The van der Waals surface area contributed by atoms with Crippen LogP contribution in [0, 0.1) is 6.92 Å². The number of carbonyl (C=O) groups is 1. The van der Waals surface area contributed by atoms with Crippen LogP contribution in [0.15, 0.2) is 34.2 Å². The molecule has 0 aliphatic rings. The van der Waals surface area contributed by atoms with Crippen LogP contribution in [-0.4, -0.2) is 33.2 Å². The molecule has 122 valence electrons. The van der Waals surface area contributed by atoms with Crippen molar-refractivity contribution in [1.82, 2.24) is 14.5 Å². The smallest absolute Gasteiger partial charge is 0.367 e. The average Bonchev–Trinajstić information content (AvgIpc) is 2.83. The highest BCUT2D eigenvalue weighted by Crippen LogP contribution is 2.01. The van der Waals surface area contributed by atoms with Crippen LogP contribution in [0.4, 0.5) is 0 Å². The van der Waals surface area contributed by atoms with Crippen LogP contribution in [0.1, 0.15) is 30.8 Å². The highest BCUT2D eigenvalue weighted by molar-refractivity contribution is 5.79. The van der Waals surface area contributed by atoms with Crippen molar-refractivity contribution in [2.24, 2.45) is 5.10 Å². The van der Waals surface area contributed by atoms with Crippen molar-refractivity contribution in [2.75, 3.05) is 6.61 Å². The van der Waals surface area contributed by atoms with Gasteiger partial charge in [-0.15, -0.1) is 0 Å². The number of ether oxygens (including phenoxy) is 1. The summed E-state index contributed by atoms with van der Waals surface area (Å²) in [5.41, 5.74) is 1.57. The number of carbonyl (C=O) groups excluding carboxylic acids is 1. The first-order chi connectivity index (χ1) is 11.0. The standard InChI is InChI=1S/C16H20N4O3/c1-4-14-18-19(11-15(21)23-5-2)16(22)20(14)17-10-13-8-6-12(3)7-9-13/h6-10H,4-5,11H2,1-3H3/b17-10+. The molecule has 0 spiro atoms. The van der Waals surface area contributed by atoms with E-state index in [1.807, 2.05) is 38.1 Å². The fourth-order valence-corrected chi connectivity index (χ4v) is 1.99. The third-order valence-corrected chi connectivity index (χ3v) is 3.18. The van der Waals surface area contributed by atoms with Gasteiger partial charge < -0.3 is 4.74 Å². The highest BCUT2D eigenvalue weighted by Gasteiger charge is 2.14. The number of rotatable bonds is 6. The highest BCUT2D eigenvalue weighted by atomic mass is 16.5. The normalized spacial score (nSPS) is 11.1. The summed E-state index contributed by atoms with van der Waals surface area (Å²) in [4.78, 5) is 23.8.